The molecule has 132 valence electrons. The van der Waals surface area contributed by atoms with E-state index in [1.807, 2.05) is 37.3 Å². The number of carbonyl (C=O) groups excluding carboxylic acids is 2. The van der Waals surface area contributed by atoms with Gasteiger partial charge in [-0.15, -0.1) is 0 Å². The highest BCUT2D eigenvalue weighted by Gasteiger charge is 2.07. The van der Waals surface area contributed by atoms with Crippen LogP contribution in [0.3, 0.4) is 0 Å². The minimum atomic E-state index is -0.276. The van der Waals surface area contributed by atoms with E-state index in [4.69, 9.17) is 9.47 Å². The first kappa shape index (κ1) is 18.3. The average Bonchev–Trinajstić information content (AvgIpc) is 2.65. The largest absolute Gasteiger partial charge is 0.494 e. The SMILES string of the molecule is CCOc1ccc(OCCNC(=O)CNC(=O)c2ccccc2)cc1. The number of nitrogens with one attached hydrogen (secondary N) is 2. The van der Waals surface area contributed by atoms with E-state index in [0.29, 0.717) is 31.1 Å². The monoisotopic (exact) mass is 342 g/mol. The van der Waals surface area contributed by atoms with Crippen LogP contribution in [0.25, 0.3) is 0 Å². The lowest BCUT2D eigenvalue weighted by Crippen LogP contribution is -2.38. The molecule has 6 nitrogen and oxygen atoms in total. The van der Waals surface area contributed by atoms with Gasteiger partial charge in [-0.2, -0.15) is 0 Å². The maximum Gasteiger partial charge on any atom is 0.251 e. The van der Waals surface area contributed by atoms with Crippen molar-refractivity contribution in [3.63, 3.8) is 0 Å². The van der Waals surface area contributed by atoms with Crippen LogP contribution in [0.5, 0.6) is 11.5 Å². The molecule has 6 heteroatoms. The van der Waals surface area contributed by atoms with Crippen LogP contribution in [-0.4, -0.2) is 38.1 Å². The molecule has 2 N–H and O–H groups in total. The molecule has 2 aromatic rings. The second-order valence-corrected chi connectivity index (χ2v) is 5.15. The molecule has 2 aromatic carbocycles. The van der Waals surface area contributed by atoms with E-state index < -0.39 is 0 Å². The van der Waals surface area contributed by atoms with Crippen molar-refractivity contribution >= 4 is 11.8 Å². The van der Waals surface area contributed by atoms with Crippen molar-refractivity contribution < 1.29 is 19.1 Å². The van der Waals surface area contributed by atoms with Crippen LogP contribution in [0.4, 0.5) is 0 Å². The molecule has 0 spiro atoms. The van der Waals surface area contributed by atoms with E-state index in [1.54, 1.807) is 24.3 Å². The van der Waals surface area contributed by atoms with Crippen molar-refractivity contribution in [2.75, 3.05) is 26.3 Å². The number of rotatable bonds is 9. The van der Waals surface area contributed by atoms with Crippen molar-refractivity contribution in [1.29, 1.82) is 0 Å². The second kappa shape index (κ2) is 9.97. The molecule has 0 radical (unpaired) electrons. The van der Waals surface area contributed by atoms with Crippen LogP contribution in [0.15, 0.2) is 54.6 Å². The number of ether oxygens (including phenoxy) is 2. The quantitative estimate of drug-likeness (QED) is 0.684. The first-order valence-electron chi connectivity index (χ1n) is 8.14. The van der Waals surface area contributed by atoms with Gasteiger partial charge in [0.25, 0.3) is 5.91 Å². The van der Waals surface area contributed by atoms with Crippen LogP contribution in [-0.2, 0) is 4.79 Å². The van der Waals surface area contributed by atoms with Gasteiger partial charge < -0.3 is 20.1 Å². The molecule has 0 atom stereocenters. The molecule has 0 aliphatic carbocycles. The third-order valence-corrected chi connectivity index (χ3v) is 3.27. The Morgan fingerprint density at radius 1 is 0.880 bits per heavy atom. The van der Waals surface area contributed by atoms with Crippen molar-refractivity contribution in [2.24, 2.45) is 0 Å². The highest BCUT2D eigenvalue weighted by Crippen LogP contribution is 2.17. The maximum absolute atomic E-state index is 11.8. The number of amides is 2. The zero-order chi connectivity index (χ0) is 17.9. The summed E-state index contributed by atoms with van der Waals surface area (Å²) >= 11 is 0. The van der Waals surface area contributed by atoms with Gasteiger partial charge in [0.2, 0.25) is 5.91 Å². The van der Waals surface area contributed by atoms with Gasteiger partial charge in [0.05, 0.1) is 19.7 Å². The summed E-state index contributed by atoms with van der Waals surface area (Å²) in [5.74, 6) is 0.952. The number of carbonyl (C=O) groups is 2. The lowest BCUT2D eigenvalue weighted by Gasteiger charge is -2.09. The summed E-state index contributed by atoms with van der Waals surface area (Å²) < 4.78 is 10.9. The van der Waals surface area contributed by atoms with E-state index in [1.165, 1.54) is 0 Å². The molecule has 0 fully saturated rings. The average molecular weight is 342 g/mol. The normalized spacial score (nSPS) is 9.96. The third kappa shape index (κ3) is 6.55. The molecule has 2 amide bonds. The highest BCUT2D eigenvalue weighted by molar-refractivity contribution is 5.96. The maximum atomic E-state index is 11.8. The first-order chi connectivity index (χ1) is 12.2. The Balaban J connectivity index is 1.61. The fourth-order valence-corrected chi connectivity index (χ4v) is 2.07. The number of benzene rings is 2. The fourth-order valence-electron chi connectivity index (χ4n) is 2.07. The van der Waals surface area contributed by atoms with Crippen LogP contribution >= 0.6 is 0 Å². The smallest absolute Gasteiger partial charge is 0.251 e. The molecule has 2 rings (SSSR count). The van der Waals surface area contributed by atoms with Crippen LogP contribution < -0.4 is 20.1 Å². The molecule has 0 bridgehead atoms. The van der Waals surface area contributed by atoms with E-state index in [2.05, 4.69) is 10.6 Å². The predicted octanol–water partition coefficient (Wildman–Crippen LogP) is 2.01. The van der Waals surface area contributed by atoms with Gasteiger partial charge in [0.1, 0.15) is 18.1 Å². The summed E-state index contributed by atoms with van der Waals surface area (Å²) in [7, 11) is 0. The molecule has 0 unspecified atom stereocenters. The van der Waals surface area contributed by atoms with Crippen molar-refractivity contribution in [3.05, 3.63) is 60.2 Å². The van der Waals surface area contributed by atoms with Gasteiger partial charge in [-0.3, -0.25) is 9.59 Å². The van der Waals surface area contributed by atoms with Gasteiger partial charge in [-0.05, 0) is 43.3 Å². The zero-order valence-corrected chi connectivity index (χ0v) is 14.2. The lowest BCUT2D eigenvalue weighted by molar-refractivity contribution is -0.120. The van der Waals surface area contributed by atoms with Crippen molar-refractivity contribution in [2.45, 2.75) is 6.92 Å². The minimum Gasteiger partial charge on any atom is -0.494 e. The number of hydrogen-bond acceptors (Lipinski definition) is 4. The Kier molecular flexibility index (Phi) is 7.31. The van der Waals surface area contributed by atoms with Crippen molar-refractivity contribution in [3.8, 4) is 11.5 Å². The molecule has 0 aliphatic rings. The second-order valence-electron chi connectivity index (χ2n) is 5.15. The lowest BCUT2D eigenvalue weighted by atomic mass is 10.2. The molecule has 0 heterocycles. The summed E-state index contributed by atoms with van der Waals surface area (Å²) in [6.45, 7) is 3.17. The molecule has 0 aromatic heterocycles. The first-order valence-corrected chi connectivity index (χ1v) is 8.14. The highest BCUT2D eigenvalue weighted by atomic mass is 16.5. The molecule has 25 heavy (non-hydrogen) atoms. The Labute approximate surface area is 147 Å². The standard InChI is InChI=1S/C19H22N2O4/c1-2-24-16-8-10-17(11-9-16)25-13-12-20-18(22)14-21-19(23)15-6-4-3-5-7-15/h3-11H,2,12-14H2,1H3,(H,20,22)(H,21,23). The molecule has 0 saturated carbocycles. The van der Waals surface area contributed by atoms with Crippen molar-refractivity contribution in [1.82, 2.24) is 10.6 Å². The molecule has 0 aliphatic heterocycles. The van der Waals surface area contributed by atoms with Gasteiger partial charge in [0, 0.05) is 5.56 Å². The van der Waals surface area contributed by atoms with E-state index >= 15 is 0 Å². The molecular weight excluding hydrogens is 320 g/mol. The minimum absolute atomic E-state index is 0.0726. The Hall–Kier alpha value is -3.02. The summed E-state index contributed by atoms with van der Waals surface area (Å²) in [6, 6.07) is 16.0. The van der Waals surface area contributed by atoms with Gasteiger partial charge in [0.15, 0.2) is 0 Å². The summed E-state index contributed by atoms with van der Waals surface area (Å²) in [6.07, 6.45) is 0. The summed E-state index contributed by atoms with van der Waals surface area (Å²) in [5.41, 5.74) is 0.522. The van der Waals surface area contributed by atoms with Crippen LogP contribution in [0, 0.1) is 0 Å². The zero-order valence-electron chi connectivity index (χ0n) is 14.2. The van der Waals surface area contributed by atoms with Gasteiger partial charge in [-0.1, -0.05) is 18.2 Å². The molecular formula is C19H22N2O4. The predicted molar refractivity (Wildman–Crippen MR) is 94.9 cm³/mol. The topological polar surface area (TPSA) is 76.7 Å². The van der Waals surface area contributed by atoms with Gasteiger partial charge >= 0.3 is 0 Å². The Morgan fingerprint density at radius 2 is 1.52 bits per heavy atom. The summed E-state index contributed by atoms with van der Waals surface area (Å²) in [4.78, 5) is 23.5. The van der Waals surface area contributed by atoms with Crippen LogP contribution in [0.2, 0.25) is 0 Å². The Bertz CT molecular complexity index is 672. The Morgan fingerprint density at radius 3 is 2.16 bits per heavy atom. The molecule has 0 saturated heterocycles. The van der Waals surface area contributed by atoms with Crippen LogP contribution in [0.1, 0.15) is 17.3 Å². The third-order valence-electron chi connectivity index (χ3n) is 3.27. The van der Waals surface area contributed by atoms with E-state index in [9.17, 15) is 9.59 Å². The fraction of sp³-hybridized carbons (Fsp3) is 0.263. The number of hydrogen-bond donors (Lipinski definition) is 2. The summed E-state index contributed by atoms with van der Waals surface area (Å²) in [5, 5.41) is 5.26. The van der Waals surface area contributed by atoms with E-state index in [-0.39, 0.29) is 18.4 Å². The van der Waals surface area contributed by atoms with Gasteiger partial charge in [-0.25, -0.2) is 0 Å². The van der Waals surface area contributed by atoms with E-state index in [0.717, 1.165) is 5.75 Å².